The van der Waals surface area contributed by atoms with Crippen molar-refractivity contribution >= 4 is 27.9 Å². The van der Waals surface area contributed by atoms with Crippen LogP contribution in [0.2, 0.25) is 0 Å². The van der Waals surface area contributed by atoms with Crippen molar-refractivity contribution in [2.75, 3.05) is 24.4 Å². The summed E-state index contributed by atoms with van der Waals surface area (Å²) in [6.07, 6.45) is 2.99. The van der Waals surface area contributed by atoms with Gasteiger partial charge < -0.3 is 9.47 Å². The number of benzene rings is 2. The molecule has 2 aromatic carbocycles. The van der Waals surface area contributed by atoms with Crippen molar-refractivity contribution in [1.82, 2.24) is 9.97 Å². The molecule has 10 heteroatoms. The quantitative estimate of drug-likeness (QED) is 0.431. The van der Waals surface area contributed by atoms with Gasteiger partial charge in [0, 0.05) is 0 Å². The summed E-state index contributed by atoms with van der Waals surface area (Å²) in [6.45, 7) is 0. The summed E-state index contributed by atoms with van der Waals surface area (Å²) in [5.74, 6) is 0.287. The lowest BCUT2D eigenvalue weighted by molar-refractivity contribution is 0.341. The van der Waals surface area contributed by atoms with Gasteiger partial charge in [-0.05, 0) is 29.8 Å². The maximum atomic E-state index is 12.6. The minimum absolute atomic E-state index is 0.0495. The van der Waals surface area contributed by atoms with E-state index in [0.717, 1.165) is 5.56 Å². The second-order valence-electron chi connectivity index (χ2n) is 5.68. The highest BCUT2D eigenvalue weighted by atomic mass is 32.2. The zero-order valence-electron chi connectivity index (χ0n) is 15.7. The Morgan fingerprint density at radius 1 is 1.00 bits per heavy atom. The number of rotatable bonds is 8. The van der Waals surface area contributed by atoms with E-state index in [0.29, 0.717) is 11.4 Å². The number of methoxy groups -OCH3 is 2. The van der Waals surface area contributed by atoms with E-state index in [1.807, 2.05) is 30.3 Å². The molecule has 0 spiro atoms. The molecule has 0 bridgehead atoms. The Morgan fingerprint density at radius 3 is 2.38 bits per heavy atom. The summed E-state index contributed by atoms with van der Waals surface area (Å²) in [4.78, 5) is 7.95. The van der Waals surface area contributed by atoms with Crippen LogP contribution in [0.3, 0.4) is 0 Å². The van der Waals surface area contributed by atoms with E-state index in [1.54, 1.807) is 18.3 Å². The molecule has 0 amide bonds. The lowest BCUT2D eigenvalue weighted by Gasteiger charge is -2.10. The average Bonchev–Trinajstić information content (AvgIpc) is 2.74. The number of nitrogens with zero attached hydrogens (tertiary/aromatic N) is 3. The molecular formula is C19H19N5O4S. The first-order chi connectivity index (χ1) is 14.0. The van der Waals surface area contributed by atoms with Gasteiger partial charge in [0.25, 0.3) is 15.9 Å². The lowest BCUT2D eigenvalue weighted by Crippen LogP contribution is -2.15. The van der Waals surface area contributed by atoms with E-state index < -0.39 is 10.0 Å². The number of sulfonamides is 1. The van der Waals surface area contributed by atoms with E-state index in [4.69, 9.17) is 9.47 Å². The SMILES string of the molecule is COc1cnc(NS(=O)(=O)c2ccc(N/N=C/c3ccccc3)cc2)nc1OC. The molecule has 0 saturated carbocycles. The predicted octanol–water partition coefficient (Wildman–Crippen LogP) is 2.74. The third-order valence-corrected chi connectivity index (χ3v) is 5.08. The molecule has 3 aromatic rings. The molecule has 9 nitrogen and oxygen atoms in total. The Balaban J connectivity index is 1.69. The minimum atomic E-state index is -3.88. The summed E-state index contributed by atoms with van der Waals surface area (Å²) < 4.78 is 37.5. The summed E-state index contributed by atoms with van der Waals surface area (Å²) in [6, 6.07) is 15.7. The molecule has 1 heterocycles. The van der Waals surface area contributed by atoms with Gasteiger partial charge in [-0.15, -0.1) is 0 Å². The van der Waals surface area contributed by atoms with Crippen molar-refractivity contribution < 1.29 is 17.9 Å². The minimum Gasteiger partial charge on any atom is -0.490 e. The fraction of sp³-hybridized carbons (Fsp3) is 0.105. The average molecular weight is 413 g/mol. The number of aromatic nitrogens is 2. The Labute approximate surface area is 168 Å². The van der Waals surface area contributed by atoms with Crippen LogP contribution in [-0.4, -0.2) is 38.8 Å². The monoisotopic (exact) mass is 413 g/mol. The van der Waals surface area contributed by atoms with Gasteiger partial charge in [-0.2, -0.15) is 10.1 Å². The highest BCUT2D eigenvalue weighted by molar-refractivity contribution is 7.92. The molecule has 150 valence electrons. The molecule has 0 radical (unpaired) electrons. The highest BCUT2D eigenvalue weighted by Gasteiger charge is 2.17. The molecular weight excluding hydrogens is 394 g/mol. The van der Waals surface area contributed by atoms with Gasteiger partial charge >= 0.3 is 0 Å². The normalized spacial score (nSPS) is 11.2. The number of nitrogens with one attached hydrogen (secondary N) is 2. The fourth-order valence-electron chi connectivity index (χ4n) is 2.30. The largest absolute Gasteiger partial charge is 0.490 e. The van der Waals surface area contributed by atoms with E-state index in [9.17, 15) is 8.42 Å². The Morgan fingerprint density at radius 2 is 1.72 bits per heavy atom. The Kier molecular flexibility index (Phi) is 6.25. The van der Waals surface area contributed by atoms with Gasteiger partial charge in [-0.1, -0.05) is 30.3 Å². The topological polar surface area (TPSA) is 115 Å². The third kappa shape index (κ3) is 5.20. The Hall–Kier alpha value is -3.66. The number of ether oxygens (including phenoxy) is 2. The molecule has 2 N–H and O–H groups in total. The van der Waals surface area contributed by atoms with Crippen molar-refractivity contribution in [2.45, 2.75) is 4.90 Å². The summed E-state index contributed by atoms with van der Waals surface area (Å²) in [7, 11) is -1.04. The van der Waals surface area contributed by atoms with Gasteiger partial charge in [0.2, 0.25) is 5.95 Å². The van der Waals surface area contributed by atoms with Gasteiger partial charge in [-0.3, -0.25) is 5.43 Å². The molecule has 29 heavy (non-hydrogen) atoms. The van der Waals surface area contributed by atoms with E-state index in [-0.39, 0.29) is 16.7 Å². The second kappa shape index (κ2) is 9.02. The van der Waals surface area contributed by atoms with Crippen molar-refractivity contribution in [3.63, 3.8) is 0 Å². The van der Waals surface area contributed by atoms with Crippen LogP contribution in [0, 0.1) is 0 Å². The van der Waals surface area contributed by atoms with Crippen molar-refractivity contribution in [2.24, 2.45) is 5.10 Å². The van der Waals surface area contributed by atoms with Crippen LogP contribution in [0.1, 0.15) is 5.56 Å². The lowest BCUT2D eigenvalue weighted by atomic mass is 10.2. The first-order valence-corrected chi connectivity index (χ1v) is 9.92. The number of hydrogen-bond acceptors (Lipinski definition) is 8. The molecule has 3 rings (SSSR count). The van der Waals surface area contributed by atoms with Gasteiger partial charge in [0.05, 0.1) is 37.2 Å². The maximum Gasteiger partial charge on any atom is 0.264 e. The Bertz CT molecular complexity index is 1090. The first kappa shape index (κ1) is 20.1. The summed E-state index contributed by atoms with van der Waals surface area (Å²) in [5, 5.41) is 4.12. The van der Waals surface area contributed by atoms with Crippen molar-refractivity contribution in [1.29, 1.82) is 0 Å². The van der Waals surface area contributed by atoms with Crippen LogP contribution in [0.4, 0.5) is 11.6 Å². The van der Waals surface area contributed by atoms with E-state index >= 15 is 0 Å². The summed E-state index contributed by atoms with van der Waals surface area (Å²) >= 11 is 0. The first-order valence-electron chi connectivity index (χ1n) is 8.44. The van der Waals surface area contributed by atoms with Crippen LogP contribution in [0.15, 0.2) is 70.8 Å². The molecule has 0 aliphatic rings. The zero-order chi connectivity index (χ0) is 20.7. The standard InChI is InChI=1S/C19H19N5O4S/c1-27-17-13-20-19(22-18(17)28-2)24-29(25,26)16-10-8-15(9-11-16)23-21-12-14-6-4-3-5-7-14/h3-13,23H,1-2H3,(H,20,22,24)/b21-12+. The van der Waals surface area contributed by atoms with Crippen LogP contribution in [-0.2, 0) is 10.0 Å². The second-order valence-corrected chi connectivity index (χ2v) is 7.36. The number of hydrazone groups is 1. The number of anilines is 2. The van der Waals surface area contributed by atoms with Gasteiger partial charge in [0.1, 0.15) is 0 Å². The predicted molar refractivity (Wildman–Crippen MR) is 110 cm³/mol. The van der Waals surface area contributed by atoms with E-state index in [1.165, 1.54) is 32.5 Å². The zero-order valence-corrected chi connectivity index (χ0v) is 16.6. The third-order valence-electron chi connectivity index (χ3n) is 3.73. The van der Waals surface area contributed by atoms with E-state index in [2.05, 4.69) is 25.2 Å². The van der Waals surface area contributed by atoms with Crippen LogP contribution < -0.4 is 19.6 Å². The molecule has 0 saturated heterocycles. The smallest absolute Gasteiger partial charge is 0.264 e. The number of hydrogen-bond donors (Lipinski definition) is 2. The van der Waals surface area contributed by atoms with Crippen molar-refractivity contribution in [3.8, 4) is 11.6 Å². The van der Waals surface area contributed by atoms with Gasteiger partial charge in [-0.25, -0.2) is 18.1 Å². The van der Waals surface area contributed by atoms with Crippen LogP contribution in [0.25, 0.3) is 0 Å². The molecule has 0 unspecified atom stereocenters. The molecule has 0 aliphatic heterocycles. The van der Waals surface area contributed by atoms with Crippen molar-refractivity contribution in [3.05, 3.63) is 66.4 Å². The van der Waals surface area contributed by atoms with Gasteiger partial charge in [0.15, 0.2) is 5.75 Å². The van der Waals surface area contributed by atoms with Crippen LogP contribution in [0.5, 0.6) is 11.6 Å². The summed E-state index contributed by atoms with van der Waals surface area (Å²) in [5.41, 5.74) is 4.43. The highest BCUT2D eigenvalue weighted by Crippen LogP contribution is 2.25. The molecule has 0 aliphatic carbocycles. The fourth-order valence-corrected chi connectivity index (χ4v) is 3.25. The van der Waals surface area contributed by atoms with Crippen LogP contribution >= 0.6 is 0 Å². The molecule has 1 aromatic heterocycles. The maximum absolute atomic E-state index is 12.6. The molecule has 0 atom stereocenters. The molecule has 0 fully saturated rings.